The number of rotatable bonds is 0. The number of esters is 1. The van der Waals surface area contributed by atoms with E-state index in [2.05, 4.69) is 16.6 Å². The van der Waals surface area contributed by atoms with Gasteiger partial charge in [-0.3, -0.25) is 0 Å². The molecular weight excluding hydrogens is 190 g/mol. The Hall–Kier alpha value is -1.95. The van der Waals surface area contributed by atoms with Gasteiger partial charge in [0, 0.05) is 11.5 Å². The summed E-state index contributed by atoms with van der Waals surface area (Å²) >= 11 is 0. The smallest absolute Gasteiger partial charge is 0.384 e. The number of carbonyl (C=O) groups excluding carboxylic acids is 1. The van der Waals surface area contributed by atoms with E-state index < -0.39 is 5.97 Å². The van der Waals surface area contributed by atoms with Gasteiger partial charge < -0.3 is 10.5 Å². The van der Waals surface area contributed by atoms with Crippen molar-refractivity contribution in [2.75, 3.05) is 12.8 Å². The van der Waals surface area contributed by atoms with Crippen LogP contribution in [0.1, 0.15) is 16.7 Å². The second-order valence-corrected chi connectivity index (χ2v) is 3.28. The second kappa shape index (κ2) is 4.52. The predicted octanol–water partition coefficient (Wildman–Crippen LogP) is 1.41. The molecule has 0 spiro atoms. The van der Waals surface area contributed by atoms with Crippen molar-refractivity contribution in [1.29, 1.82) is 0 Å². The molecule has 1 rings (SSSR count). The highest BCUT2D eigenvalue weighted by atomic mass is 16.5. The molecule has 0 radical (unpaired) electrons. The van der Waals surface area contributed by atoms with Crippen LogP contribution in [-0.4, -0.2) is 13.1 Å². The average molecular weight is 203 g/mol. The first-order valence-electron chi connectivity index (χ1n) is 4.51. The van der Waals surface area contributed by atoms with E-state index in [1.165, 1.54) is 7.11 Å². The van der Waals surface area contributed by atoms with Crippen LogP contribution >= 0.6 is 0 Å². The maximum atomic E-state index is 10.8. The first kappa shape index (κ1) is 11.1. The molecule has 78 valence electrons. The summed E-state index contributed by atoms with van der Waals surface area (Å²) in [5.41, 5.74) is 9.13. The van der Waals surface area contributed by atoms with Crippen LogP contribution in [0, 0.1) is 25.7 Å². The molecule has 0 aromatic heterocycles. The third-order valence-corrected chi connectivity index (χ3v) is 2.02. The molecule has 0 saturated carbocycles. The minimum absolute atomic E-state index is 0.562. The van der Waals surface area contributed by atoms with Gasteiger partial charge in [0.05, 0.1) is 12.8 Å². The van der Waals surface area contributed by atoms with Crippen molar-refractivity contribution in [3.63, 3.8) is 0 Å². The highest BCUT2D eigenvalue weighted by Gasteiger charge is 2.01. The Balaban J connectivity index is 3.13. The van der Waals surface area contributed by atoms with Gasteiger partial charge in [-0.05, 0) is 31.0 Å². The summed E-state index contributed by atoms with van der Waals surface area (Å²) in [6.07, 6.45) is 0. The Morgan fingerprint density at radius 1 is 1.40 bits per heavy atom. The largest absolute Gasteiger partial charge is 0.459 e. The molecule has 2 N–H and O–H groups in total. The minimum Gasteiger partial charge on any atom is -0.459 e. The number of hydrogen-bond acceptors (Lipinski definition) is 3. The van der Waals surface area contributed by atoms with Gasteiger partial charge in [-0.15, -0.1) is 0 Å². The van der Waals surface area contributed by atoms with E-state index in [0.29, 0.717) is 11.3 Å². The molecule has 0 aliphatic carbocycles. The molecular formula is C12H13NO2. The van der Waals surface area contributed by atoms with E-state index >= 15 is 0 Å². The summed E-state index contributed by atoms with van der Waals surface area (Å²) in [4.78, 5) is 10.8. The van der Waals surface area contributed by atoms with E-state index in [-0.39, 0.29) is 0 Å². The van der Waals surface area contributed by atoms with Crippen molar-refractivity contribution in [3.8, 4) is 11.8 Å². The molecule has 1 aromatic carbocycles. The van der Waals surface area contributed by atoms with Crippen molar-refractivity contribution < 1.29 is 9.53 Å². The van der Waals surface area contributed by atoms with E-state index in [1.54, 1.807) is 0 Å². The number of ether oxygens (including phenoxy) is 1. The Bertz CT molecular complexity index is 453. The summed E-state index contributed by atoms with van der Waals surface area (Å²) in [6, 6.07) is 3.82. The van der Waals surface area contributed by atoms with Crippen LogP contribution in [0.25, 0.3) is 0 Å². The molecule has 1 aromatic rings. The van der Waals surface area contributed by atoms with Gasteiger partial charge in [-0.2, -0.15) is 0 Å². The normalized spacial score (nSPS) is 9.00. The van der Waals surface area contributed by atoms with Gasteiger partial charge in [-0.25, -0.2) is 4.79 Å². The maximum Gasteiger partial charge on any atom is 0.384 e. The number of nitrogen functional groups attached to an aromatic ring is 1. The molecule has 0 aliphatic rings. The lowest BCUT2D eigenvalue weighted by Gasteiger charge is -2.04. The Kier molecular flexibility index (Phi) is 3.35. The molecule has 0 heterocycles. The molecule has 0 saturated heterocycles. The first-order chi connectivity index (χ1) is 7.04. The average Bonchev–Trinajstić information content (AvgIpc) is 2.20. The Labute approximate surface area is 89.2 Å². The fourth-order valence-corrected chi connectivity index (χ4v) is 1.25. The van der Waals surface area contributed by atoms with Gasteiger partial charge in [0.2, 0.25) is 0 Å². The van der Waals surface area contributed by atoms with Crippen LogP contribution in [0.3, 0.4) is 0 Å². The van der Waals surface area contributed by atoms with Crippen LogP contribution in [-0.2, 0) is 9.53 Å². The third kappa shape index (κ3) is 2.75. The van der Waals surface area contributed by atoms with Crippen molar-refractivity contribution in [2.24, 2.45) is 0 Å². The lowest BCUT2D eigenvalue weighted by molar-refractivity contribution is -0.133. The minimum atomic E-state index is -0.562. The zero-order valence-corrected chi connectivity index (χ0v) is 9.05. The highest BCUT2D eigenvalue weighted by Crippen LogP contribution is 2.17. The molecule has 0 amide bonds. The molecule has 0 bridgehead atoms. The maximum absolute atomic E-state index is 10.8. The van der Waals surface area contributed by atoms with E-state index in [0.717, 1.165) is 11.1 Å². The molecule has 0 unspecified atom stereocenters. The predicted molar refractivity (Wildman–Crippen MR) is 59.2 cm³/mol. The van der Waals surface area contributed by atoms with Crippen LogP contribution in [0.15, 0.2) is 12.1 Å². The number of anilines is 1. The van der Waals surface area contributed by atoms with Crippen molar-refractivity contribution in [1.82, 2.24) is 0 Å². The van der Waals surface area contributed by atoms with Gasteiger partial charge in [0.25, 0.3) is 0 Å². The molecule has 3 heteroatoms. The topological polar surface area (TPSA) is 52.3 Å². The van der Waals surface area contributed by atoms with E-state index in [1.807, 2.05) is 26.0 Å². The summed E-state index contributed by atoms with van der Waals surface area (Å²) in [7, 11) is 1.29. The summed E-state index contributed by atoms with van der Waals surface area (Å²) in [5, 5.41) is 0. The SMILES string of the molecule is COC(=O)C#Cc1cc(C)cc(C)c1N. The van der Waals surface area contributed by atoms with Crippen molar-refractivity contribution >= 4 is 11.7 Å². The lowest BCUT2D eigenvalue weighted by Crippen LogP contribution is -1.97. The van der Waals surface area contributed by atoms with E-state index in [9.17, 15) is 4.79 Å². The number of methoxy groups -OCH3 is 1. The molecule has 0 atom stereocenters. The second-order valence-electron chi connectivity index (χ2n) is 3.28. The van der Waals surface area contributed by atoms with Crippen molar-refractivity contribution in [2.45, 2.75) is 13.8 Å². The van der Waals surface area contributed by atoms with E-state index in [4.69, 9.17) is 5.73 Å². The number of aryl methyl sites for hydroxylation is 2. The Morgan fingerprint density at radius 3 is 2.67 bits per heavy atom. The summed E-state index contributed by atoms with van der Waals surface area (Å²) in [6.45, 7) is 3.86. The van der Waals surface area contributed by atoms with Gasteiger partial charge in [0.1, 0.15) is 0 Å². The molecule has 15 heavy (non-hydrogen) atoms. The van der Waals surface area contributed by atoms with Crippen LogP contribution in [0.2, 0.25) is 0 Å². The number of carbonyl (C=O) groups is 1. The lowest BCUT2D eigenvalue weighted by atomic mass is 10.0. The number of hydrogen-bond donors (Lipinski definition) is 1. The van der Waals surface area contributed by atoms with Crippen LogP contribution in [0.5, 0.6) is 0 Å². The van der Waals surface area contributed by atoms with Crippen molar-refractivity contribution in [3.05, 3.63) is 28.8 Å². The first-order valence-corrected chi connectivity index (χ1v) is 4.51. The third-order valence-electron chi connectivity index (χ3n) is 2.02. The van der Waals surface area contributed by atoms with Gasteiger partial charge in [0.15, 0.2) is 0 Å². The zero-order chi connectivity index (χ0) is 11.4. The van der Waals surface area contributed by atoms with Crippen LogP contribution in [0.4, 0.5) is 5.69 Å². The summed E-state index contributed by atoms with van der Waals surface area (Å²) < 4.78 is 4.42. The van der Waals surface area contributed by atoms with Gasteiger partial charge >= 0.3 is 5.97 Å². The highest BCUT2D eigenvalue weighted by molar-refractivity contribution is 5.89. The molecule has 0 aliphatic heterocycles. The quantitative estimate of drug-likeness (QED) is 0.394. The Morgan fingerprint density at radius 2 is 2.07 bits per heavy atom. The molecule has 3 nitrogen and oxygen atoms in total. The fraction of sp³-hybridized carbons (Fsp3) is 0.250. The number of benzene rings is 1. The fourth-order valence-electron chi connectivity index (χ4n) is 1.25. The zero-order valence-electron chi connectivity index (χ0n) is 9.05. The van der Waals surface area contributed by atoms with Gasteiger partial charge in [-0.1, -0.05) is 12.0 Å². The number of nitrogens with two attached hydrogens (primary N) is 1. The standard InChI is InChI=1S/C12H13NO2/c1-8-6-9(2)12(13)10(7-8)4-5-11(14)15-3/h6-7H,13H2,1-3H3. The monoisotopic (exact) mass is 203 g/mol. The van der Waals surface area contributed by atoms with Crippen LogP contribution < -0.4 is 5.73 Å². The summed E-state index contributed by atoms with van der Waals surface area (Å²) in [5.74, 6) is 4.49. The molecule has 0 fully saturated rings.